The van der Waals surface area contributed by atoms with Crippen molar-refractivity contribution in [3.8, 4) is 5.75 Å². The molecule has 16 heavy (non-hydrogen) atoms. The van der Waals surface area contributed by atoms with Crippen LogP contribution < -0.4 is 5.32 Å². The molecule has 86 valence electrons. The Kier molecular flexibility index (Phi) is 3.30. The molecule has 0 fully saturated rings. The standard InChI is InChI=1S/C14H19NO/c1-10(2)9-15-14-5-3-4-11-6-7-12(16)8-13(11)14/h6-8,14-16H,1,3-5,9H2,2H3. The molecule has 1 aromatic carbocycles. The van der Waals surface area contributed by atoms with Gasteiger partial charge in [-0.05, 0) is 49.4 Å². The Morgan fingerprint density at radius 1 is 1.56 bits per heavy atom. The van der Waals surface area contributed by atoms with Crippen LogP contribution in [0.15, 0.2) is 30.4 Å². The molecule has 0 bridgehead atoms. The van der Waals surface area contributed by atoms with Crippen LogP contribution in [0.4, 0.5) is 0 Å². The average molecular weight is 217 g/mol. The fourth-order valence-corrected chi connectivity index (χ4v) is 2.30. The minimum absolute atomic E-state index is 0.364. The first kappa shape index (κ1) is 11.2. The molecule has 1 unspecified atom stereocenters. The van der Waals surface area contributed by atoms with Gasteiger partial charge in [-0.15, -0.1) is 0 Å². The predicted octanol–water partition coefficient (Wildman–Crippen LogP) is 2.94. The summed E-state index contributed by atoms with van der Waals surface area (Å²) in [6, 6.07) is 6.08. The topological polar surface area (TPSA) is 32.3 Å². The number of nitrogens with one attached hydrogen (secondary N) is 1. The van der Waals surface area contributed by atoms with E-state index in [2.05, 4.69) is 11.9 Å². The molecule has 0 aromatic heterocycles. The lowest BCUT2D eigenvalue weighted by Crippen LogP contribution is -2.26. The molecule has 1 aromatic rings. The van der Waals surface area contributed by atoms with E-state index in [1.165, 1.54) is 17.5 Å². The number of aryl methyl sites for hydroxylation is 1. The Morgan fingerprint density at radius 3 is 3.12 bits per heavy atom. The van der Waals surface area contributed by atoms with E-state index in [0.29, 0.717) is 11.8 Å². The number of benzene rings is 1. The Bertz CT molecular complexity index is 398. The molecule has 0 amide bonds. The van der Waals surface area contributed by atoms with Gasteiger partial charge < -0.3 is 10.4 Å². The summed E-state index contributed by atoms with van der Waals surface area (Å²) in [7, 11) is 0. The highest BCUT2D eigenvalue weighted by Gasteiger charge is 2.19. The lowest BCUT2D eigenvalue weighted by atomic mass is 9.87. The summed E-state index contributed by atoms with van der Waals surface area (Å²) in [4.78, 5) is 0. The third-order valence-electron chi connectivity index (χ3n) is 3.09. The van der Waals surface area contributed by atoms with Gasteiger partial charge in [-0.2, -0.15) is 0 Å². The number of rotatable bonds is 3. The summed E-state index contributed by atoms with van der Waals surface area (Å²) < 4.78 is 0. The van der Waals surface area contributed by atoms with Crippen molar-refractivity contribution in [2.45, 2.75) is 32.2 Å². The van der Waals surface area contributed by atoms with Crippen molar-refractivity contribution in [3.05, 3.63) is 41.5 Å². The van der Waals surface area contributed by atoms with E-state index in [1.54, 1.807) is 6.07 Å². The average Bonchev–Trinajstić information content (AvgIpc) is 2.26. The number of aromatic hydroxyl groups is 1. The van der Waals surface area contributed by atoms with Crippen LogP contribution >= 0.6 is 0 Å². The quantitative estimate of drug-likeness (QED) is 0.763. The molecular weight excluding hydrogens is 198 g/mol. The van der Waals surface area contributed by atoms with Crippen LogP contribution in [0.2, 0.25) is 0 Å². The van der Waals surface area contributed by atoms with E-state index in [4.69, 9.17) is 0 Å². The van der Waals surface area contributed by atoms with Gasteiger partial charge in [0.1, 0.15) is 5.75 Å². The Balaban J connectivity index is 2.18. The molecule has 0 saturated heterocycles. The van der Waals surface area contributed by atoms with Crippen molar-refractivity contribution >= 4 is 0 Å². The number of fused-ring (bicyclic) bond motifs is 1. The van der Waals surface area contributed by atoms with Crippen LogP contribution in [-0.2, 0) is 6.42 Å². The second kappa shape index (κ2) is 4.71. The smallest absolute Gasteiger partial charge is 0.115 e. The molecule has 0 spiro atoms. The summed E-state index contributed by atoms with van der Waals surface area (Å²) in [6.07, 6.45) is 3.48. The zero-order valence-electron chi connectivity index (χ0n) is 9.79. The SMILES string of the molecule is C=C(C)CNC1CCCc2ccc(O)cc21. The van der Waals surface area contributed by atoms with Gasteiger partial charge in [-0.1, -0.05) is 18.2 Å². The first-order chi connectivity index (χ1) is 7.66. The second-order valence-electron chi connectivity index (χ2n) is 4.67. The van der Waals surface area contributed by atoms with E-state index in [9.17, 15) is 5.11 Å². The van der Waals surface area contributed by atoms with Gasteiger partial charge in [0.05, 0.1) is 0 Å². The summed E-state index contributed by atoms with van der Waals surface area (Å²) in [5.41, 5.74) is 3.77. The van der Waals surface area contributed by atoms with Gasteiger partial charge in [0.25, 0.3) is 0 Å². The van der Waals surface area contributed by atoms with Gasteiger partial charge in [0.2, 0.25) is 0 Å². The maximum absolute atomic E-state index is 9.54. The van der Waals surface area contributed by atoms with Crippen LogP contribution in [0, 0.1) is 0 Å². The van der Waals surface area contributed by atoms with Crippen LogP contribution in [0.1, 0.15) is 36.9 Å². The van der Waals surface area contributed by atoms with Crippen LogP contribution in [0.5, 0.6) is 5.75 Å². The van der Waals surface area contributed by atoms with Crippen molar-refractivity contribution in [2.75, 3.05) is 6.54 Å². The molecule has 2 N–H and O–H groups in total. The summed E-state index contributed by atoms with van der Waals surface area (Å²) in [5, 5.41) is 13.0. The maximum atomic E-state index is 9.54. The van der Waals surface area contributed by atoms with Crippen LogP contribution in [0.25, 0.3) is 0 Å². The van der Waals surface area contributed by atoms with E-state index in [1.807, 2.05) is 19.1 Å². The zero-order valence-corrected chi connectivity index (χ0v) is 9.79. The number of phenolic OH excluding ortho intramolecular Hbond substituents is 1. The highest BCUT2D eigenvalue weighted by Crippen LogP contribution is 2.31. The van der Waals surface area contributed by atoms with E-state index in [-0.39, 0.29) is 0 Å². The lowest BCUT2D eigenvalue weighted by molar-refractivity contribution is 0.455. The van der Waals surface area contributed by atoms with Crippen molar-refractivity contribution in [1.29, 1.82) is 0 Å². The van der Waals surface area contributed by atoms with Gasteiger partial charge in [-0.3, -0.25) is 0 Å². The highest BCUT2D eigenvalue weighted by molar-refractivity contribution is 5.38. The highest BCUT2D eigenvalue weighted by atomic mass is 16.3. The summed E-state index contributed by atoms with van der Waals surface area (Å²) >= 11 is 0. The van der Waals surface area contributed by atoms with Gasteiger partial charge in [0, 0.05) is 12.6 Å². The minimum atomic E-state index is 0.364. The number of phenols is 1. The fraction of sp³-hybridized carbons (Fsp3) is 0.429. The van der Waals surface area contributed by atoms with Gasteiger partial charge >= 0.3 is 0 Å². The third-order valence-corrected chi connectivity index (χ3v) is 3.09. The minimum Gasteiger partial charge on any atom is -0.508 e. The first-order valence-corrected chi connectivity index (χ1v) is 5.86. The monoisotopic (exact) mass is 217 g/mol. The Hall–Kier alpha value is -1.28. The van der Waals surface area contributed by atoms with E-state index < -0.39 is 0 Å². The van der Waals surface area contributed by atoms with Crippen molar-refractivity contribution in [1.82, 2.24) is 5.32 Å². The Labute approximate surface area is 97.0 Å². The third kappa shape index (κ3) is 2.45. The molecule has 1 aliphatic rings. The summed E-state index contributed by atoms with van der Waals surface area (Å²) in [5.74, 6) is 0.364. The van der Waals surface area contributed by atoms with Crippen LogP contribution in [0.3, 0.4) is 0 Å². The maximum Gasteiger partial charge on any atom is 0.115 e. The second-order valence-corrected chi connectivity index (χ2v) is 4.67. The molecule has 2 nitrogen and oxygen atoms in total. The molecule has 0 heterocycles. The zero-order chi connectivity index (χ0) is 11.5. The van der Waals surface area contributed by atoms with Crippen molar-refractivity contribution < 1.29 is 5.11 Å². The Morgan fingerprint density at radius 2 is 2.38 bits per heavy atom. The molecule has 0 radical (unpaired) electrons. The fourth-order valence-electron chi connectivity index (χ4n) is 2.30. The van der Waals surface area contributed by atoms with E-state index >= 15 is 0 Å². The van der Waals surface area contributed by atoms with Gasteiger partial charge in [-0.25, -0.2) is 0 Å². The molecule has 0 saturated carbocycles. The number of hydrogen-bond donors (Lipinski definition) is 2. The van der Waals surface area contributed by atoms with E-state index in [0.717, 1.165) is 25.0 Å². The lowest BCUT2D eigenvalue weighted by Gasteiger charge is -2.26. The molecule has 1 atom stereocenters. The molecular formula is C14H19NO. The number of hydrogen-bond acceptors (Lipinski definition) is 2. The molecule has 2 heteroatoms. The molecule has 2 rings (SSSR count). The normalized spacial score (nSPS) is 19.2. The predicted molar refractivity (Wildman–Crippen MR) is 66.6 cm³/mol. The summed E-state index contributed by atoms with van der Waals surface area (Å²) in [6.45, 7) is 6.78. The molecule has 1 aliphatic carbocycles. The molecule has 0 aliphatic heterocycles. The van der Waals surface area contributed by atoms with Crippen molar-refractivity contribution in [2.24, 2.45) is 0 Å². The van der Waals surface area contributed by atoms with Crippen molar-refractivity contribution in [3.63, 3.8) is 0 Å². The van der Waals surface area contributed by atoms with Gasteiger partial charge in [0.15, 0.2) is 0 Å². The largest absolute Gasteiger partial charge is 0.508 e. The van der Waals surface area contributed by atoms with Crippen LogP contribution in [-0.4, -0.2) is 11.7 Å². The first-order valence-electron chi connectivity index (χ1n) is 5.86.